The van der Waals surface area contributed by atoms with Gasteiger partial charge in [0.2, 0.25) is 0 Å². The second kappa shape index (κ2) is 4.81. The Balaban J connectivity index is 1.82. The van der Waals surface area contributed by atoms with Crippen LogP contribution >= 0.6 is 11.3 Å². The highest BCUT2D eigenvalue weighted by Crippen LogP contribution is 2.28. The Kier molecular flexibility index (Phi) is 3.00. The monoisotopic (exact) mass is 275 g/mol. The van der Waals surface area contributed by atoms with Gasteiger partial charge in [-0.3, -0.25) is 0 Å². The number of halogens is 1. The molecule has 0 atom stereocenters. The van der Waals surface area contributed by atoms with E-state index in [-0.39, 0.29) is 5.82 Å². The number of hydrogen-bond acceptors (Lipinski definition) is 5. The fraction of sp³-hybridized carbons (Fsp3) is 0.0769. The molecule has 6 heteroatoms. The van der Waals surface area contributed by atoms with E-state index in [1.807, 2.05) is 12.1 Å². The van der Waals surface area contributed by atoms with Gasteiger partial charge in [0.1, 0.15) is 5.82 Å². The molecule has 1 aromatic carbocycles. The number of anilines is 1. The molecule has 4 nitrogen and oxygen atoms in total. The molecule has 0 aliphatic rings. The molecule has 3 rings (SSSR count). The standard InChI is InChI=1S/C13H10FN3OS/c14-9-3-1-2-8(6-9)7-12-16-13(18-17-12)10-4-5-11(15)19-10/h1-6H,7,15H2. The highest BCUT2D eigenvalue weighted by molar-refractivity contribution is 7.19. The number of rotatable bonds is 3. The summed E-state index contributed by atoms with van der Waals surface area (Å²) in [5.74, 6) is 0.688. The van der Waals surface area contributed by atoms with Gasteiger partial charge in [0, 0.05) is 6.42 Å². The number of hydrogen-bond donors (Lipinski definition) is 1. The van der Waals surface area contributed by atoms with Crippen molar-refractivity contribution in [2.45, 2.75) is 6.42 Å². The van der Waals surface area contributed by atoms with E-state index in [1.54, 1.807) is 12.1 Å². The van der Waals surface area contributed by atoms with E-state index in [2.05, 4.69) is 10.1 Å². The summed E-state index contributed by atoms with van der Waals surface area (Å²) in [6.45, 7) is 0. The Labute approximate surface area is 112 Å². The Morgan fingerprint density at radius 2 is 2.16 bits per heavy atom. The van der Waals surface area contributed by atoms with Crippen LogP contribution in [0.1, 0.15) is 11.4 Å². The summed E-state index contributed by atoms with van der Waals surface area (Å²) >= 11 is 1.38. The summed E-state index contributed by atoms with van der Waals surface area (Å²) in [6.07, 6.45) is 0.433. The highest BCUT2D eigenvalue weighted by Gasteiger charge is 2.11. The van der Waals surface area contributed by atoms with Crippen molar-refractivity contribution < 1.29 is 8.91 Å². The normalized spacial score (nSPS) is 10.8. The lowest BCUT2D eigenvalue weighted by Crippen LogP contribution is -1.91. The van der Waals surface area contributed by atoms with Gasteiger partial charge < -0.3 is 10.3 Å². The Morgan fingerprint density at radius 1 is 1.26 bits per heavy atom. The van der Waals surface area contributed by atoms with E-state index < -0.39 is 0 Å². The van der Waals surface area contributed by atoms with Crippen LogP contribution in [0.2, 0.25) is 0 Å². The van der Waals surface area contributed by atoms with E-state index in [0.29, 0.717) is 23.1 Å². The number of nitrogen functional groups attached to an aromatic ring is 1. The van der Waals surface area contributed by atoms with Crippen LogP contribution in [0.25, 0.3) is 10.8 Å². The lowest BCUT2D eigenvalue weighted by atomic mass is 10.1. The van der Waals surface area contributed by atoms with E-state index in [1.165, 1.54) is 23.5 Å². The molecule has 0 saturated carbocycles. The number of thiophene rings is 1. The molecule has 0 saturated heterocycles. The van der Waals surface area contributed by atoms with Gasteiger partial charge in [-0.1, -0.05) is 17.3 Å². The van der Waals surface area contributed by atoms with Gasteiger partial charge in [-0.25, -0.2) is 4.39 Å². The van der Waals surface area contributed by atoms with Crippen molar-refractivity contribution in [3.05, 3.63) is 53.6 Å². The van der Waals surface area contributed by atoms with Crippen molar-refractivity contribution in [1.29, 1.82) is 0 Å². The van der Waals surface area contributed by atoms with Crippen LogP contribution in [0.15, 0.2) is 40.9 Å². The molecule has 0 amide bonds. The Morgan fingerprint density at radius 3 is 2.89 bits per heavy atom. The largest absolute Gasteiger partial charge is 0.391 e. The van der Waals surface area contributed by atoms with Crippen molar-refractivity contribution in [2.75, 3.05) is 5.73 Å². The summed E-state index contributed by atoms with van der Waals surface area (Å²) in [5.41, 5.74) is 6.45. The fourth-order valence-electron chi connectivity index (χ4n) is 1.72. The summed E-state index contributed by atoms with van der Waals surface area (Å²) in [7, 11) is 0. The lowest BCUT2D eigenvalue weighted by molar-refractivity contribution is 0.424. The van der Waals surface area contributed by atoms with Crippen molar-refractivity contribution in [2.24, 2.45) is 0 Å². The molecule has 19 heavy (non-hydrogen) atoms. The van der Waals surface area contributed by atoms with Crippen molar-refractivity contribution >= 4 is 16.3 Å². The number of nitrogens with two attached hydrogens (primary N) is 1. The van der Waals surface area contributed by atoms with Gasteiger partial charge in [0.05, 0.1) is 9.88 Å². The summed E-state index contributed by atoms with van der Waals surface area (Å²) in [4.78, 5) is 5.10. The average Bonchev–Trinajstić information content (AvgIpc) is 2.98. The first kappa shape index (κ1) is 11.9. The minimum Gasteiger partial charge on any atom is -0.391 e. The third-order valence-corrected chi connectivity index (χ3v) is 3.46. The minimum atomic E-state index is -0.271. The molecular formula is C13H10FN3OS. The van der Waals surface area contributed by atoms with Crippen LogP contribution in [0.3, 0.4) is 0 Å². The molecule has 2 N–H and O–H groups in total. The van der Waals surface area contributed by atoms with Crippen LogP contribution in [0.5, 0.6) is 0 Å². The molecule has 0 fully saturated rings. The zero-order valence-corrected chi connectivity index (χ0v) is 10.7. The second-order valence-electron chi connectivity index (χ2n) is 4.02. The van der Waals surface area contributed by atoms with E-state index in [0.717, 1.165) is 10.4 Å². The first-order chi connectivity index (χ1) is 9.20. The molecule has 0 unspecified atom stereocenters. The van der Waals surface area contributed by atoms with Crippen LogP contribution in [0, 0.1) is 5.82 Å². The first-order valence-corrected chi connectivity index (χ1v) is 6.45. The summed E-state index contributed by atoms with van der Waals surface area (Å²) in [6, 6.07) is 9.96. The first-order valence-electron chi connectivity index (χ1n) is 5.63. The van der Waals surface area contributed by atoms with Crippen LogP contribution < -0.4 is 5.73 Å². The molecule has 0 aliphatic carbocycles. The SMILES string of the molecule is Nc1ccc(-c2nc(Cc3cccc(F)c3)no2)s1. The molecule has 2 aromatic heterocycles. The topological polar surface area (TPSA) is 64.9 Å². The van der Waals surface area contributed by atoms with Crippen LogP contribution in [0.4, 0.5) is 9.39 Å². The quantitative estimate of drug-likeness (QED) is 0.797. The maximum absolute atomic E-state index is 13.1. The van der Waals surface area contributed by atoms with Gasteiger partial charge in [-0.15, -0.1) is 11.3 Å². The molecule has 0 bridgehead atoms. The van der Waals surface area contributed by atoms with Gasteiger partial charge in [0.15, 0.2) is 5.82 Å². The Bertz CT molecular complexity index is 707. The molecular weight excluding hydrogens is 265 g/mol. The average molecular weight is 275 g/mol. The second-order valence-corrected chi connectivity index (χ2v) is 5.14. The third-order valence-electron chi connectivity index (χ3n) is 2.56. The number of aromatic nitrogens is 2. The van der Waals surface area contributed by atoms with Crippen molar-refractivity contribution in [3.63, 3.8) is 0 Å². The predicted molar refractivity (Wildman–Crippen MR) is 71.2 cm³/mol. The lowest BCUT2D eigenvalue weighted by Gasteiger charge is -1.95. The van der Waals surface area contributed by atoms with Crippen LogP contribution in [-0.4, -0.2) is 10.1 Å². The predicted octanol–water partition coefficient (Wildman–Crippen LogP) is 3.11. The molecule has 2 heterocycles. The van der Waals surface area contributed by atoms with E-state index >= 15 is 0 Å². The third kappa shape index (κ3) is 2.63. The minimum absolute atomic E-state index is 0.271. The molecule has 0 spiro atoms. The molecule has 3 aromatic rings. The number of benzene rings is 1. The van der Waals surface area contributed by atoms with Crippen molar-refractivity contribution in [1.82, 2.24) is 10.1 Å². The summed E-state index contributed by atoms with van der Waals surface area (Å²) < 4.78 is 18.2. The molecule has 0 aliphatic heterocycles. The zero-order valence-electron chi connectivity index (χ0n) is 9.84. The van der Waals surface area contributed by atoms with E-state index in [9.17, 15) is 4.39 Å². The summed E-state index contributed by atoms with van der Waals surface area (Å²) in [5, 5.41) is 4.58. The van der Waals surface area contributed by atoms with Crippen molar-refractivity contribution in [3.8, 4) is 10.8 Å². The molecule has 0 radical (unpaired) electrons. The fourth-order valence-corrected chi connectivity index (χ4v) is 2.42. The zero-order chi connectivity index (χ0) is 13.2. The van der Waals surface area contributed by atoms with Crippen LogP contribution in [-0.2, 0) is 6.42 Å². The van der Waals surface area contributed by atoms with Gasteiger partial charge >= 0.3 is 0 Å². The Hall–Kier alpha value is -2.21. The van der Waals surface area contributed by atoms with Gasteiger partial charge in [-0.05, 0) is 29.8 Å². The van der Waals surface area contributed by atoms with Gasteiger partial charge in [-0.2, -0.15) is 4.98 Å². The highest BCUT2D eigenvalue weighted by atomic mass is 32.1. The smallest absolute Gasteiger partial charge is 0.268 e. The van der Waals surface area contributed by atoms with Gasteiger partial charge in [0.25, 0.3) is 5.89 Å². The van der Waals surface area contributed by atoms with E-state index in [4.69, 9.17) is 10.3 Å². The maximum atomic E-state index is 13.1. The molecule has 96 valence electrons. The maximum Gasteiger partial charge on any atom is 0.268 e. The number of nitrogens with zero attached hydrogens (tertiary/aromatic N) is 2.